The van der Waals surface area contributed by atoms with Gasteiger partial charge in [-0.05, 0) is 6.07 Å². The van der Waals surface area contributed by atoms with Crippen LogP contribution >= 0.6 is 0 Å². The number of hydrogen-bond acceptors (Lipinski definition) is 4. The SMILES string of the molecule is O=c1[nH]nc(-c2cnccn2)c2ccccc12. The van der Waals surface area contributed by atoms with Crippen molar-refractivity contribution < 1.29 is 0 Å². The molecule has 0 spiro atoms. The third-order valence-electron chi connectivity index (χ3n) is 2.50. The highest BCUT2D eigenvalue weighted by atomic mass is 16.1. The van der Waals surface area contributed by atoms with E-state index in [4.69, 9.17) is 0 Å². The zero-order valence-electron chi connectivity index (χ0n) is 8.79. The van der Waals surface area contributed by atoms with Gasteiger partial charge < -0.3 is 0 Å². The van der Waals surface area contributed by atoms with E-state index < -0.39 is 0 Å². The Morgan fingerprint density at radius 2 is 1.88 bits per heavy atom. The van der Waals surface area contributed by atoms with E-state index in [0.717, 1.165) is 5.39 Å². The molecule has 0 saturated heterocycles. The van der Waals surface area contributed by atoms with Gasteiger partial charge in [0.15, 0.2) is 0 Å². The van der Waals surface area contributed by atoms with Gasteiger partial charge in [0.05, 0.1) is 11.6 Å². The molecule has 0 atom stereocenters. The molecule has 0 aliphatic heterocycles. The Morgan fingerprint density at radius 1 is 1.06 bits per heavy atom. The molecule has 17 heavy (non-hydrogen) atoms. The minimum absolute atomic E-state index is 0.201. The van der Waals surface area contributed by atoms with Crippen molar-refractivity contribution in [3.63, 3.8) is 0 Å². The van der Waals surface area contributed by atoms with Gasteiger partial charge in [-0.3, -0.25) is 14.8 Å². The molecule has 2 heterocycles. The lowest BCUT2D eigenvalue weighted by Crippen LogP contribution is -2.09. The number of hydrogen-bond donors (Lipinski definition) is 1. The Balaban J connectivity index is 2.39. The molecule has 3 rings (SSSR count). The summed E-state index contributed by atoms with van der Waals surface area (Å²) in [5, 5.41) is 7.88. The molecule has 0 saturated carbocycles. The van der Waals surface area contributed by atoms with Gasteiger partial charge in [0.1, 0.15) is 11.4 Å². The third-order valence-corrected chi connectivity index (χ3v) is 2.50. The quantitative estimate of drug-likeness (QED) is 0.677. The van der Waals surface area contributed by atoms with Crippen molar-refractivity contribution in [2.75, 3.05) is 0 Å². The van der Waals surface area contributed by atoms with Crippen molar-refractivity contribution in [1.82, 2.24) is 20.2 Å². The van der Waals surface area contributed by atoms with Crippen LogP contribution in [0.5, 0.6) is 0 Å². The first-order chi connectivity index (χ1) is 8.36. The largest absolute Gasteiger partial charge is 0.272 e. The molecule has 2 aromatic heterocycles. The number of fused-ring (bicyclic) bond motifs is 1. The molecular weight excluding hydrogens is 216 g/mol. The number of aromatic amines is 1. The van der Waals surface area contributed by atoms with Crippen molar-refractivity contribution in [1.29, 1.82) is 0 Å². The Morgan fingerprint density at radius 3 is 2.65 bits per heavy atom. The highest BCUT2D eigenvalue weighted by Crippen LogP contribution is 2.20. The lowest BCUT2D eigenvalue weighted by Gasteiger charge is -2.02. The topological polar surface area (TPSA) is 71.5 Å². The molecule has 3 aromatic rings. The highest BCUT2D eigenvalue weighted by molar-refractivity contribution is 5.92. The molecular formula is C12H8N4O. The van der Waals surface area contributed by atoms with Gasteiger partial charge >= 0.3 is 0 Å². The number of nitrogens with one attached hydrogen (secondary N) is 1. The molecule has 0 aliphatic rings. The van der Waals surface area contributed by atoms with Gasteiger partial charge in [-0.2, -0.15) is 5.10 Å². The van der Waals surface area contributed by atoms with Gasteiger partial charge in [0.2, 0.25) is 0 Å². The number of rotatable bonds is 1. The van der Waals surface area contributed by atoms with Gasteiger partial charge in [0.25, 0.3) is 5.56 Å². The third kappa shape index (κ3) is 1.57. The highest BCUT2D eigenvalue weighted by Gasteiger charge is 2.08. The van der Waals surface area contributed by atoms with E-state index in [2.05, 4.69) is 20.2 Å². The molecule has 82 valence electrons. The summed E-state index contributed by atoms with van der Waals surface area (Å²) in [4.78, 5) is 19.8. The zero-order valence-corrected chi connectivity index (χ0v) is 8.79. The average Bonchev–Trinajstić information content (AvgIpc) is 2.41. The lowest BCUT2D eigenvalue weighted by atomic mass is 10.1. The smallest absolute Gasteiger partial charge is 0.267 e. The van der Waals surface area contributed by atoms with Crippen LogP contribution in [0.15, 0.2) is 47.7 Å². The zero-order chi connectivity index (χ0) is 11.7. The maximum atomic E-state index is 11.6. The number of nitrogens with zero attached hydrogens (tertiary/aromatic N) is 3. The summed E-state index contributed by atoms with van der Waals surface area (Å²) in [6, 6.07) is 7.29. The minimum atomic E-state index is -0.201. The molecule has 5 nitrogen and oxygen atoms in total. The van der Waals surface area contributed by atoms with E-state index in [0.29, 0.717) is 16.8 Å². The van der Waals surface area contributed by atoms with E-state index in [1.165, 1.54) is 0 Å². The van der Waals surface area contributed by atoms with Crippen LogP contribution in [0.25, 0.3) is 22.2 Å². The standard InChI is InChI=1S/C12H8N4O/c17-12-9-4-2-1-3-8(9)11(15-16-12)10-7-13-5-6-14-10/h1-7H,(H,16,17). The summed E-state index contributed by atoms with van der Waals surface area (Å²) >= 11 is 0. The first kappa shape index (κ1) is 9.65. The van der Waals surface area contributed by atoms with Gasteiger partial charge in [-0.15, -0.1) is 0 Å². The minimum Gasteiger partial charge on any atom is -0.267 e. The van der Waals surface area contributed by atoms with Crippen LogP contribution < -0.4 is 5.56 Å². The van der Waals surface area contributed by atoms with Crippen LogP contribution in [-0.2, 0) is 0 Å². The van der Waals surface area contributed by atoms with Gasteiger partial charge in [-0.1, -0.05) is 18.2 Å². The van der Waals surface area contributed by atoms with E-state index in [1.807, 2.05) is 18.2 Å². The summed E-state index contributed by atoms with van der Waals surface area (Å²) < 4.78 is 0. The number of H-pyrrole nitrogens is 1. The van der Waals surface area contributed by atoms with Crippen LogP contribution in [0, 0.1) is 0 Å². The summed E-state index contributed by atoms with van der Waals surface area (Å²) in [6.07, 6.45) is 4.81. The van der Waals surface area contributed by atoms with Crippen molar-refractivity contribution in [3.05, 3.63) is 53.2 Å². The number of aromatic nitrogens is 4. The molecule has 0 bridgehead atoms. The van der Waals surface area contributed by atoms with Crippen molar-refractivity contribution in [3.8, 4) is 11.4 Å². The molecule has 1 N–H and O–H groups in total. The summed E-state index contributed by atoms with van der Waals surface area (Å²) in [6.45, 7) is 0. The molecule has 0 amide bonds. The van der Waals surface area contributed by atoms with Crippen LogP contribution in [0.4, 0.5) is 0 Å². The molecule has 0 aliphatic carbocycles. The van der Waals surface area contributed by atoms with E-state index in [1.54, 1.807) is 24.7 Å². The molecule has 0 unspecified atom stereocenters. The Kier molecular flexibility index (Phi) is 2.15. The predicted molar refractivity (Wildman–Crippen MR) is 63.4 cm³/mol. The molecule has 0 fully saturated rings. The predicted octanol–water partition coefficient (Wildman–Crippen LogP) is 1.38. The Bertz CT molecular complexity index is 721. The van der Waals surface area contributed by atoms with Crippen LogP contribution in [0.2, 0.25) is 0 Å². The maximum Gasteiger partial charge on any atom is 0.272 e. The number of benzene rings is 1. The second-order valence-electron chi connectivity index (χ2n) is 3.54. The maximum absolute atomic E-state index is 11.6. The summed E-state index contributed by atoms with van der Waals surface area (Å²) in [7, 11) is 0. The van der Waals surface area contributed by atoms with Crippen LogP contribution in [0.3, 0.4) is 0 Å². The molecule has 1 aromatic carbocycles. The van der Waals surface area contributed by atoms with Gasteiger partial charge in [0, 0.05) is 17.8 Å². The molecule has 5 heteroatoms. The second-order valence-corrected chi connectivity index (χ2v) is 3.54. The monoisotopic (exact) mass is 224 g/mol. The lowest BCUT2D eigenvalue weighted by molar-refractivity contribution is 1.01. The summed E-state index contributed by atoms with van der Waals surface area (Å²) in [5.41, 5.74) is 1.07. The van der Waals surface area contributed by atoms with E-state index in [-0.39, 0.29) is 5.56 Å². The fourth-order valence-electron chi connectivity index (χ4n) is 1.73. The van der Waals surface area contributed by atoms with Crippen molar-refractivity contribution in [2.24, 2.45) is 0 Å². The fraction of sp³-hybridized carbons (Fsp3) is 0. The second kappa shape index (κ2) is 3.79. The Hall–Kier alpha value is -2.56. The van der Waals surface area contributed by atoms with Crippen LogP contribution in [-0.4, -0.2) is 20.2 Å². The van der Waals surface area contributed by atoms with Crippen molar-refractivity contribution >= 4 is 10.8 Å². The van der Waals surface area contributed by atoms with Crippen LogP contribution in [0.1, 0.15) is 0 Å². The van der Waals surface area contributed by atoms with E-state index >= 15 is 0 Å². The van der Waals surface area contributed by atoms with E-state index in [9.17, 15) is 4.79 Å². The van der Waals surface area contributed by atoms with Gasteiger partial charge in [-0.25, -0.2) is 5.10 Å². The van der Waals surface area contributed by atoms with Crippen molar-refractivity contribution in [2.45, 2.75) is 0 Å². The first-order valence-corrected chi connectivity index (χ1v) is 5.10. The normalized spacial score (nSPS) is 10.6. The first-order valence-electron chi connectivity index (χ1n) is 5.10. The Labute approximate surface area is 96.2 Å². The summed E-state index contributed by atoms with van der Waals surface area (Å²) in [5.74, 6) is 0. The molecule has 0 radical (unpaired) electrons. The average molecular weight is 224 g/mol. The fourth-order valence-corrected chi connectivity index (χ4v) is 1.73.